The Morgan fingerprint density at radius 1 is 0.800 bits per heavy atom. The molecule has 0 atom stereocenters. The molecule has 0 aliphatic heterocycles. The highest BCUT2D eigenvalue weighted by atomic mass is 32.2. The lowest BCUT2D eigenvalue weighted by Crippen LogP contribution is -2.44. The Hall–Kier alpha value is -2.40. The zero-order valence-electron chi connectivity index (χ0n) is 10.5. The fourth-order valence-electron chi connectivity index (χ4n) is 2.00. The van der Waals surface area contributed by atoms with Gasteiger partial charge in [-0.1, -0.05) is 42.5 Å². The molecule has 5 heteroatoms. The first-order valence-corrected chi connectivity index (χ1v) is 7.47. The number of fused-ring (bicyclic) bond motifs is 1. The van der Waals surface area contributed by atoms with Gasteiger partial charge in [0.05, 0.1) is 0 Å². The fourth-order valence-corrected chi connectivity index (χ4v) is 3.11. The van der Waals surface area contributed by atoms with Gasteiger partial charge < -0.3 is 0 Å². The fraction of sp³-hybridized carbons (Fsp3) is 0. The Morgan fingerprint density at radius 2 is 1.50 bits per heavy atom. The Kier molecular flexibility index (Phi) is 3.12. The molecule has 4 nitrogen and oxygen atoms in total. The van der Waals surface area contributed by atoms with Crippen molar-refractivity contribution in [2.24, 2.45) is 0 Å². The molecule has 0 N–H and O–H groups in total. The largest absolute Gasteiger partial charge is 0.396 e. The summed E-state index contributed by atoms with van der Waals surface area (Å²) in [6.45, 7) is 0. The van der Waals surface area contributed by atoms with Crippen molar-refractivity contribution in [3.8, 4) is 0 Å². The van der Waals surface area contributed by atoms with Gasteiger partial charge in [0.15, 0.2) is 0 Å². The summed E-state index contributed by atoms with van der Waals surface area (Å²) in [4.78, 5) is 0.159. The maximum absolute atomic E-state index is 12.4. The first kappa shape index (κ1) is 12.6. The van der Waals surface area contributed by atoms with Gasteiger partial charge in [-0.05, 0) is 11.5 Å². The Morgan fingerprint density at radius 3 is 2.30 bits per heavy atom. The molecule has 0 aliphatic carbocycles. The van der Waals surface area contributed by atoms with Crippen LogP contribution in [0, 0.1) is 0 Å². The third-order valence-electron chi connectivity index (χ3n) is 2.89. The van der Waals surface area contributed by atoms with E-state index in [9.17, 15) is 8.42 Å². The summed E-state index contributed by atoms with van der Waals surface area (Å²) in [6.07, 6.45) is 3.06. The summed E-state index contributed by atoms with van der Waals surface area (Å²) in [5, 5.41) is 1.50. The Bertz CT molecular complexity index is 840. The van der Waals surface area contributed by atoms with Gasteiger partial charge in [0.1, 0.15) is 4.90 Å². The van der Waals surface area contributed by atoms with E-state index in [-0.39, 0.29) is 4.90 Å². The number of benzene rings is 2. The van der Waals surface area contributed by atoms with Crippen molar-refractivity contribution >= 4 is 20.9 Å². The summed E-state index contributed by atoms with van der Waals surface area (Å²) in [6, 6.07) is 17.6. The normalized spacial score (nSPS) is 11.4. The molecule has 3 aromatic rings. The van der Waals surface area contributed by atoms with E-state index in [1.807, 2.05) is 18.2 Å². The minimum Gasteiger partial charge on any atom is -0.176 e. The van der Waals surface area contributed by atoms with Gasteiger partial charge in [0, 0.05) is 22.2 Å². The first-order valence-electron chi connectivity index (χ1n) is 6.06. The van der Waals surface area contributed by atoms with E-state index in [1.165, 1.54) is 12.4 Å². The highest BCUT2D eigenvalue weighted by molar-refractivity contribution is 7.87. The van der Waals surface area contributed by atoms with Crippen LogP contribution < -0.4 is 9.01 Å². The minimum atomic E-state index is -3.88. The molecule has 0 spiro atoms. The molecule has 1 heterocycles. The Balaban J connectivity index is 2.10. The zero-order chi connectivity index (χ0) is 14.0. The van der Waals surface area contributed by atoms with E-state index < -0.39 is 10.1 Å². The maximum atomic E-state index is 12.4. The second-order valence-electron chi connectivity index (χ2n) is 4.24. The van der Waals surface area contributed by atoms with Crippen LogP contribution in [-0.4, -0.2) is 8.42 Å². The van der Waals surface area contributed by atoms with Crippen molar-refractivity contribution in [2.45, 2.75) is 4.90 Å². The van der Waals surface area contributed by atoms with E-state index in [2.05, 4.69) is 0 Å². The minimum absolute atomic E-state index is 0.159. The van der Waals surface area contributed by atoms with Gasteiger partial charge in [-0.15, -0.1) is 4.28 Å². The van der Waals surface area contributed by atoms with Crippen LogP contribution in [0.1, 0.15) is 0 Å². The molecule has 0 saturated heterocycles. The standard InChI is InChI=1S/C15H12NO3S/c17-20(18,19-16-11-4-1-5-12-16)15-10-6-8-13-7-2-3-9-14(13)15/h1-12H/q+1. The highest BCUT2D eigenvalue weighted by Gasteiger charge is 2.23. The maximum Gasteiger partial charge on any atom is 0.396 e. The molecule has 0 bridgehead atoms. The van der Waals surface area contributed by atoms with E-state index in [0.29, 0.717) is 5.39 Å². The molecule has 0 radical (unpaired) electrons. The van der Waals surface area contributed by atoms with Crippen LogP contribution >= 0.6 is 0 Å². The second kappa shape index (κ2) is 4.94. The zero-order valence-corrected chi connectivity index (χ0v) is 11.3. The lowest BCUT2D eigenvalue weighted by Gasteiger charge is -2.04. The number of pyridine rings is 1. The van der Waals surface area contributed by atoms with Gasteiger partial charge in [-0.25, -0.2) is 0 Å². The number of hydrogen-bond donors (Lipinski definition) is 0. The van der Waals surface area contributed by atoms with Gasteiger partial charge in [0.25, 0.3) is 0 Å². The smallest absolute Gasteiger partial charge is 0.176 e. The van der Waals surface area contributed by atoms with Gasteiger partial charge >= 0.3 is 10.1 Å². The van der Waals surface area contributed by atoms with Crippen molar-refractivity contribution in [3.63, 3.8) is 0 Å². The average Bonchev–Trinajstić information content (AvgIpc) is 2.47. The van der Waals surface area contributed by atoms with E-state index in [0.717, 1.165) is 10.1 Å². The van der Waals surface area contributed by atoms with Gasteiger partial charge in [0.2, 0.25) is 12.4 Å². The average molecular weight is 286 g/mol. The van der Waals surface area contributed by atoms with Crippen molar-refractivity contribution < 1.29 is 17.4 Å². The van der Waals surface area contributed by atoms with Crippen molar-refractivity contribution in [1.82, 2.24) is 0 Å². The van der Waals surface area contributed by atoms with Crippen LogP contribution in [-0.2, 0) is 10.1 Å². The lowest BCUT2D eigenvalue weighted by molar-refractivity contribution is -0.856. The van der Waals surface area contributed by atoms with Crippen LogP contribution in [0.5, 0.6) is 0 Å². The number of aromatic nitrogens is 1. The topological polar surface area (TPSA) is 47.3 Å². The van der Waals surface area contributed by atoms with Crippen LogP contribution in [0.2, 0.25) is 0 Å². The number of hydrogen-bond acceptors (Lipinski definition) is 3. The van der Waals surface area contributed by atoms with Crippen LogP contribution in [0.3, 0.4) is 0 Å². The summed E-state index contributed by atoms with van der Waals surface area (Å²) >= 11 is 0. The van der Waals surface area contributed by atoms with Crippen molar-refractivity contribution in [2.75, 3.05) is 0 Å². The molecule has 20 heavy (non-hydrogen) atoms. The SMILES string of the molecule is O=S(=O)(O[n+]1ccccc1)c1cccc2ccccc12. The third kappa shape index (κ3) is 2.35. The second-order valence-corrected chi connectivity index (χ2v) is 5.74. The predicted molar refractivity (Wildman–Crippen MR) is 74.4 cm³/mol. The highest BCUT2D eigenvalue weighted by Crippen LogP contribution is 2.22. The number of nitrogens with zero attached hydrogens (tertiary/aromatic N) is 1. The molecular formula is C15H12NO3S+. The molecule has 3 rings (SSSR count). The molecule has 0 amide bonds. The molecule has 0 unspecified atom stereocenters. The molecule has 0 fully saturated rings. The predicted octanol–water partition coefficient (Wildman–Crippen LogP) is 1.94. The molecule has 100 valence electrons. The quantitative estimate of drug-likeness (QED) is 0.691. The first-order chi connectivity index (χ1) is 9.67. The molecular weight excluding hydrogens is 274 g/mol. The summed E-state index contributed by atoms with van der Waals surface area (Å²) in [5.74, 6) is 0. The van der Waals surface area contributed by atoms with Crippen LogP contribution in [0.15, 0.2) is 78.0 Å². The van der Waals surface area contributed by atoms with Crippen LogP contribution in [0.25, 0.3) is 10.8 Å². The summed E-state index contributed by atoms with van der Waals surface area (Å²) in [5.41, 5.74) is 0. The molecule has 0 saturated carbocycles. The van der Waals surface area contributed by atoms with Crippen LogP contribution in [0.4, 0.5) is 0 Å². The lowest BCUT2D eigenvalue weighted by atomic mass is 10.1. The van der Waals surface area contributed by atoms with E-state index >= 15 is 0 Å². The number of rotatable bonds is 3. The van der Waals surface area contributed by atoms with Gasteiger partial charge in [-0.2, -0.15) is 8.42 Å². The van der Waals surface area contributed by atoms with Crippen molar-refractivity contribution in [3.05, 3.63) is 73.1 Å². The van der Waals surface area contributed by atoms with E-state index in [4.69, 9.17) is 4.28 Å². The monoisotopic (exact) mass is 286 g/mol. The van der Waals surface area contributed by atoms with Gasteiger partial charge in [-0.3, -0.25) is 0 Å². The summed E-state index contributed by atoms with van der Waals surface area (Å²) in [7, 11) is -3.88. The summed E-state index contributed by atoms with van der Waals surface area (Å²) < 4.78 is 31.0. The van der Waals surface area contributed by atoms with Crippen molar-refractivity contribution in [1.29, 1.82) is 0 Å². The van der Waals surface area contributed by atoms with E-state index in [1.54, 1.807) is 42.5 Å². The molecule has 0 aliphatic rings. The third-order valence-corrected chi connectivity index (χ3v) is 4.15. The molecule has 2 aromatic carbocycles. The Labute approximate surface area is 117 Å². The molecule has 1 aromatic heterocycles.